The Morgan fingerprint density at radius 2 is 1.63 bits per heavy atom. The van der Waals surface area contributed by atoms with Crippen LogP contribution in [0.5, 0.6) is 11.5 Å². The van der Waals surface area contributed by atoms with E-state index in [0.29, 0.717) is 31.2 Å². The molecular formula is C22H28N2O5S. The Labute approximate surface area is 178 Å². The van der Waals surface area contributed by atoms with Crippen molar-refractivity contribution < 1.29 is 22.7 Å². The molecule has 0 unspecified atom stereocenters. The van der Waals surface area contributed by atoms with E-state index in [0.717, 1.165) is 11.1 Å². The minimum Gasteiger partial charge on any atom is -0.494 e. The molecule has 1 saturated heterocycles. The van der Waals surface area contributed by atoms with Crippen molar-refractivity contribution in [1.29, 1.82) is 0 Å². The zero-order valence-electron chi connectivity index (χ0n) is 17.6. The molecule has 1 heterocycles. The van der Waals surface area contributed by atoms with Gasteiger partial charge in [0.15, 0.2) is 6.61 Å². The summed E-state index contributed by atoms with van der Waals surface area (Å²) in [6.07, 6.45) is 0. The van der Waals surface area contributed by atoms with Crippen molar-refractivity contribution in [1.82, 2.24) is 9.21 Å². The molecule has 162 valence electrons. The topological polar surface area (TPSA) is 76.2 Å². The number of nitrogens with zero attached hydrogens (tertiary/aromatic N) is 2. The number of sulfonamides is 1. The van der Waals surface area contributed by atoms with Crippen molar-refractivity contribution in [3.05, 3.63) is 53.6 Å². The molecule has 0 atom stereocenters. The number of aryl methyl sites for hydroxylation is 2. The summed E-state index contributed by atoms with van der Waals surface area (Å²) in [5.41, 5.74) is 2.04. The molecule has 1 amide bonds. The van der Waals surface area contributed by atoms with Gasteiger partial charge in [0.05, 0.1) is 11.5 Å². The molecule has 0 N–H and O–H groups in total. The van der Waals surface area contributed by atoms with E-state index in [4.69, 9.17) is 9.47 Å². The predicted molar refractivity (Wildman–Crippen MR) is 114 cm³/mol. The summed E-state index contributed by atoms with van der Waals surface area (Å²) in [6.45, 7) is 7.43. The van der Waals surface area contributed by atoms with Crippen molar-refractivity contribution in [3.63, 3.8) is 0 Å². The Morgan fingerprint density at radius 1 is 0.967 bits per heavy atom. The Bertz CT molecular complexity index is 981. The van der Waals surface area contributed by atoms with E-state index in [2.05, 4.69) is 0 Å². The number of rotatable bonds is 7. The second kappa shape index (κ2) is 9.49. The monoisotopic (exact) mass is 432 g/mol. The van der Waals surface area contributed by atoms with Gasteiger partial charge in [0, 0.05) is 26.2 Å². The summed E-state index contributed by atoms with van der Waals surface area (Å²) < 4.78 is 38.2. The van der Waals surface area contributed by atoms with Gasteiger partial charge in [0.25, 0.3) is 5.91 Å². The maximum absolute atomic E-state index is 12.9. The van der Waals surface area contributed by atoms with Crippen molar-refractivity contribution in [3.8, 4) is 11.5 Å². The lowest BCUT2D eigenvalue weighted by atomic mass is 10.1. The van der Waals surface area contributed by atoms with E-state index in [1.165, 1.54) is 4.31 Å². The Balaban J connectivity index is 1.55. The fraction of sp³-hybridized carbons (Fsp3) is 0.409. The summed E-state index contributed by atoms with van der Waals surface area (Å²) in [6, 6.07) is 12.3. The van der Waals surface area contributed by atoms with Crippen LogP contribution in [0.15, 0.2) is 47.4 Å². The average Bonchev–Trinajstić information content (AvgIpc) is 2.75. The molecular weight excluding hydrogens is 404 g/mol. The minimum atomic E-state index is -3.60. The quantitative estimate of drug-likeness (QED) is 0.672. The second-order valence-corrected chi connectivity index (χ2v) is 9.18. The number of ether oxygens (including phenoxy) is 2. The van der Waals surface area contributed by atoms with Gasteiger partial charge in [-0.25, -0.2) is 8.42 Å². The lowest BCUT2D eigenvalue weighted by molar-refractivity contribution is -0.134. The van der Waals surface area contributed by atoms with Crippen LogP contribution in [-0.2, 0) is 14.8 Å². The minimum absolute atomic E-state index is 0.0596. The van der Waals surface area contributed by atoms with Crippen LogP contribution in [0, 0.1) is 13.8 Å². The van der Waals surface area contributed by atoms with Gasteiger partial charge < -0.3 is 14.4 Å². The maximum atomic E-state index is 12.9. The average molecular weight is 433 g/mol. The van der Waals surface area contributed by atoms with Crippen LogP contribution in [0.3, 0.4) is 0 Å². The highest BCUT2D eigenvalue weighted by Crippen LogP contribution is 2.22. The van der Waals surface area contributed by atoms with E-state index >= 15 is 0 Å². The number of amides is 1. The maximum Gasteiger partial charge on any atom is 0.260 e. The summed E-state index contributed by atoms with van der Waals surface area (Å²) in [7, 11) is -3.60. The van der Waals surface area contributed by atoms with Gasteiger partial charge in [0.1, 0.15) is 11.5 Å². The third kappa shape index (κ3) is 5.12. The second-order valence-electron chi connectivity index (χ2n) is 7.25. The molecule has 0 radical (unpaired) electrons. The Kier molecular flexibility index (Phi) is 6.99. The van der Waals surface area contributed by atoms with Crippen molar-refractivity contribution in [2.24, 2.45) is 0 Å². The number of carbonyl (C=O) groups is 1. The summed E-state index contributed by atoms with van der Waals surface area (Å²) in [4.78, 5) is 14.4. The smallest absolute Gasteiger partial charge is 0.260 e. The van der Waals surface area contributed by atoms with Gasteiger partial charge in [-0.3, -0.25) is 4.79 Å². The van der Waals surface area contributed by atoms with Gasteiger partial charge in [-0.2, -0.15) is 4.31 Å². The van der Waals surface area contributed by atoms with E-state index in [-0.39, 0.29) is 30.5 Å². The van der Waals surface area contributed by atoms with Crippen molar-refractivity contribution in [2.75, 3.05) is 39.4 Å². The Hall–Kier alpha value is -2.58. The first kappa shape index (κ1) is 22.1. The number of hydrogen-bond acceptors (Lipinski definition) is 5. The highest BCUT2D eigenvalue weighted by atomic mass is 32.2. The molecule has 0 bridgehead atoms. The van der Waals surface area contributed by atoms with Crippen LogP contribution in [-0.4, -0.2) is 62.9 Å². The summed E-state index contributed by atoms with van der Waals surface area (Å²) in [5.74, 6) is 1.18. The van der Waals surface area contributed by atoms with Gasteiger partial charge >= 0.3 is 0 Å². The summed E-state index contributed by atoms with van der Waals surface area (Å²) >= 11 is 0. The molecule has 30 heavy (non-hydrogen) atoms. The first-order valence-electron chi connectivity index (χ1n) is 10.0. The highest BCUT2D eigenvalue weighted by Gasteiger charge is 2.30. The van der Waals surface area contributed by atoms with E-state index in [9.17, 15) is 13.2 Å². The lowest BCUT2D eigenvalue weighted by Crippen LogP contribution is -2.51. The van der Waals surface area contributed by atoms with Gasteiger partial charge in [0.2, 0.25) is 10.0 Å². The number of carbonyl (C=O) groups excluding carboxylic acids is 1. The molecule has 0 spiro atoms. The van der Waals surface area contributed by atoms with Crippen LogP contribution in [0.25, 0.3) is 0 Å². The van der Waals surface area contributed by atoms with Crippen molar-refractivity contribution >= 4 is 15.9 Å². The van der Waals surface area contributed by atoms with Crippen molar-refractivity contribution in [2.45, 2.75) is 25.7 Å². The molecule has 3 rings (SSSR count). The van der Waals surface area contributed by atoms with E-state index < -0.39 is 10.0 Å². The highest BCUT2D eigenvalue weighted by molar-refractivity contribution is 7.89. The normalized spacial score (nSPS) is 15.1. The molecule has 8 heteroatoms. The Morgan fingerprint density at radius 3 is 2.27 bits per heavy atom. The molecule has 1 aliphatic rings. The molecule has 2 aromatic rings. The number of piperazine rings is 1. The van der Waals surface area contributed by atoms with Crippen LogP contribution in [0.1, 0.15) is 18.1 Å². The summed E-state index contributed by atoms with van der Waals surface area (Å²) in [5, 5.41) is 0. The van der Waals surface area contributed by atoms with Crippen LogP contribution in [0.4, 0.5) is 0 Å². The van der Waals surface area contributed by atoms with Gasteiger partial charge in [-0.15, -0.1) is 0 Å². The van der Waals surface area contributed by atoms with Gasteiger partial charge in [-0.05, 0) is 62.2 Å². The molecule has 2 aromatic carbocycles. The van der Waals surface area contributed by atoms with Crippen LogP contribution < -0.4 is 9.47 Å². The van der Waals surface area contributed by atoms with Gasteiger partial charge in [-0.1, -0.05) is 12.1 Å². The van der Waals surface area contributed by atoms with Crippen LogP contribution in [0.2, 0.25) is 0 Å². The molecule has 0 aliphatic carbocycles. The predicted octanol–water partition coefficient (Wildman–Crippen LogP) is 2.61. The fourth-order valence-corrected chi connectivity index (χ4v) is 4.72. The standard InChI is InChI=1S/C22H28N2O5S/c1-4-28-19-7-9-20(10-8-19)30(26,27)24-13-11-23(12-14-24)22(25)16-29-21-15-17(2)5-6-18(21)3/h5-10,15H,4,11-14,16H2,1-3H3. The first-order valence-corrected chi connectivity index (χ1v) is 11.5. The number of benzene rings is 2. The third-order valence-electron chi connectivity index (χ3n) is 5.06. The molecule has 7 nitrogen and oxygen atoms in total. The molecule has 0 saturated carbocycles. The molecule has 0 aromatic heterocycles. The molecule has 1 fully saturated rings. The SMILES string of the molecule is CCOc1ccc(S(=O)(=O)N2CCN(C(=O)COc3cc(C)ccc3C)CC2)cc1. The van der Waals surface area contributed by atoms with E-state index in [1.807, 2.05) is 39.0 Å². The molecule has 1 aliphatic heterocycles. The van der Waals surface area contributed by atoms with Crippen LogP contribution >= 0.6 is 0 Å². The first-order chi connectivity index (χ1) is 14.3. The zero-order chi connectivity index (χ0) is 21.7. The number of hydrogen-bond donors (Lipinski definition) is 0. The fourth-order valence-electron chi connectivity index (χ4n) is 3.30. The largest absolute Gasteiger partial charge is 0.494 e. The zero-order valence-corrected chi connectivity index (χ0v) is 18.4. The van der Waals surface area contributed by atoms with E-state index in [1.54, 1.807) is 29.2 Å². The third-order valence-corrected chi connectivity index (χ3v) is 6.97. The lowest BCUT2D eigenvalue weighted by Gasteiger charge is -2.34.